The van der Waals surface area contributed by atoms with Gasteiger partial charge in [-0.15, -0.1) is 0 Å². The SMILES string of the molecule is O=C(NC(CN1CCCC1=O)c1cccc(C(F)(F)F)c1)c1ccc2nc(C(F)F)[nH]c2c1. The lowest BCUT2D eigenvalue weighted by atomic mass is 10.0. The molecule has 1 aromatic heterocycles. The monoisotopic (exact) mass is 466 g/mol. The van der Waals surface area contributed by atoms with Crippen LogP contribution in [0.3, 0.4) is 0 Å². The summed E-state index contributed by atoms with van der Waals surface area (Å²) in [6.07, 6.45) is -6.41. The molecule has 1 atom stereocenters. The third-order valence-corrected chi connectivity index (χ3v) is 5.47. The number of hydrogen-bond acceptors (Lipinski definition) is 3. The smallest absolute Gasteiger partial charge is 0.343 e. The van der Waals surface area contributed by atoms with Crippen LogP contribution in [0.15, 0.2) is 42.5 Å². The van der Waals surface area contributed by atoms with Gasteiger partial charge in [0.15, 0.2) is 5.82 Å². The second-order valence-electron chi connectivity index (χ2n) is 7.75. The van der Waals surface area contributed by atoms with Gasteiger partial charge >= 0.3 is 6.18 Å². The molecule has 0 bridgehead atoms. The number of fused-ring (bicyclic) bond motifs is 1. The molecule has 1 unspecified atom stereocenters. The summed E-state index contributed by atoms with van der Waals surface area (Å²) in [5.74, 6) is -1.30. The van der Waals surface area contributed by atoms with Crippen molar-refractivity contribution in [1.29, 1.82) is 0 Å². The number of nitrogens with zero attached hydrogens (tertiary/aromatic N) is 2. The fourth-order valence-electron chi connectivity index (χ4n) is 3.80. The Morgan fingerprint density at radius 2 is 1.97 bits per heavy atom. The number of hydrogen-bond donors (Lipinski definition) is 2. The molecule has 3 aromatic rings. The van der Waals surface area contributed by atoms with Crippen LogP contribution in [0.4, 0.5) is 22.0 Å². The lowest BCUT2D eigenvalue weighted by Gasteiger charge is -2.26. The Hall–Kier alpha value is -3.50. The average Bonchev–Trinajstić information content (AvgIpc) is 3.38. The number of imidazole rings is 1. The van der Waals surface area contributed by atoms with Crippen LogP contribution >= 0.6 is 0 Å². The number of H-pyrrole nitrogens is 1. The van der Waals surface area contributed by atoms with Crippen LogP contribution in [0, 0.1) is 0 Å². The Balaban J connectivity index is 1.62. The molecule has 6 nitrogen and oxygen atoms in total. The van der Waals surface area contributed by atoms with Crippen LogP contribution in [0.5, 0.6) is 0 Å². The van der Waals surface area contributed by atoms with Gasteiger partial charge in [0.05, 0.1) is 22.6 Å². The quantitative estimate of drug-likeness (QED) is 0.521. The molecule has 2 N–H and O–H groups in total. The number of benzene rings is 2. The van der Waals surface area contributed by atoms with E-state index in [2.05, 4.69) is 15.3 Å². The molecule has 11 heteroatoms. The summed E-state index contributed by atoms with van der Waals surface area (Å²) in [5, 5.41) is 2.69. The fraction of sp³-hybridized carbons (Fsp3) is 0.318. The molecule has 1 aliphatic rings. The first kappa shape index (κ1) is 22.7. The maximum Gasteiger partial charge on any atom is 0.416 e. The highest BCUT2D eigenvalue weighted by Crippen LogP contribution is 2.31. The molecular weight excluding hydrogens is 447 g/mol. The fourth-order valence-corrected chi connectivity index (χ4v) is 3.80. The molecule has 0 radical (unpaired) electrons. The van der Waals surface area contributed by atoms with Gasteiger partial charge in [-0.1, -0.05) is 12.1 Å². The van der Waals surface area contributed by atoms with Gasteiger partial charge in [0.25, 0.3) is 12.3 Å². The molecular formula is C22H19F5N4O2. The zero-order valence-electron chi connectivity index (χ0n) is 17.1. The van der Waals surface area contributed by atoms with Crippen molar-refractivity contribution in [1.82, 2.24) is 20.2 Å². The number of halogens is 5. The summed E-state index contributed by atoms with van der Waals surface area (Å²) in [5.41, 5.74) is -0.0928. The van der Waals surface area contributed by atoms with Crippen molar-refractivity contribution in [2.75, 3.05) is 13.1 Å². The first-order valence-corrected chi connectivity index (χ1v) is 10.2. The number of amides is 2. The summed E-state index contributed by atoms with van der Waals surface area (Å²) >= 11 is 0. The summed E-state index contributed by atoms with van der Waals surface area (Å²) < 4.78 is 65.4. The van der Waals surface area contributed by atoms with Crippen molar-refractivity contribution in [2.45, 2.75) is 31.5 Å². The van der Waals surface area contributed by atoms with Gasteiger partial charge in [0.1, 0.15) is 0 Å². The van der Waals surface area contributed by atoms with Gasteiger partial charge in [0, 0.05) is 25.1 Å². The van der Waals surface area contributed by atoms with Crippen LogP contribution in [0.2, 0.25) is 0 Å². The van der Waals surface area contributed by atoms with Gasteiger partial charge in [-0.2, -0.15) is 13.2 Å². The molecule has 1 aliphatic heterocycles. The van der Waals surface area contributed by atoms with Crippen molar-refractivity contribution < 1.29 is 31.5 Å². The third kappa shape index (κ3) is 4.96. The Kier molecular flexibility index (Phi) is 6.05. The molecule has 1 fully saturated rings. The molecule has 2 amide bonds. The van der Waals surface area contributed by atoms with E-state index in [-0.39, 0.29) is 34.6 Å². The maximum atomic E-state index is 13.2. The summed E-state index contributed by atoms with van der Waals surface area (Å²) in [6.45, 7) is 0.453. The van der Waals surface area contributed by atoms with E-state index in [9.17, 15) is 31.5 Å². The highest BCUT2D eigenvalue weighted by atomic mass is 19.4. The molecule has 0 spiro atoms. The number of carbonyl (C=O) groups is 2. The largest absolute Gasteiger partial charge is 0.416 e. The number of rotatable bonds is 6. The summed E-state index contributed by atoms with van der Waals surface area (Å²) in [6, 6.07) is 7.78. The molecule has 1 saturated heterocycles. The average molecular weight is 466 g/mol. The second-order valence-corrected chi connectivity index (χ2v) is 7.75. The maximum absolute atomic E-state index is 13.2. The van der Waals surface area contributed by atoms with Crippen LogP contribution in [0.25, 0.3) is 11.0 Å². The normalized spacial score (nSPS) is 15.5. The van der Waals surface area contributed by atoms with Crippen molar-refractivity contribution >= 4 is 22.8 Å². The Morgan fingerprint density at radius 1 is 1.18 bits per heavy atom. The van der Waals surface area contributed by atoms with Crippen molar-refractivity contribution in [3.8, 4) is 0 Å². The lowest BCUT2D eigenvalue weighted by Crippen LogP contribution is -2.38. The molecule has 2 heterocycles. The van der Waals surface area contributed by atoms with Crippen LogP contribution in [-0.2, 0) is 11.0 Å². The Labute approximate surface area is 184 Å². The van der Waals surface area contributed by atoms with Crippen molar-refractivity contribution in [3.05, 3.63) is 65.0 Å². The van der Waals surface area contributed by atoms with Gasteiger partial charge < -0.3 is 15.2 Å². The van der Waals surface area contributed by atoms with Gasteiger partial charge in [-0.05, 0) is 42.3 Å². The standard InChI is InChI=1S/C22H19F5N4O2/c23-19(24)20-28-15-7-6-13(10-16(15)29-20)21(33)30-17(11-31-8-2-5-18(31)32)12-3-1-4-14(9-12)22(25,26)27/h1,3-4,6-7,9-10,17,19H,2,5,8,11H2,(H,28,29)(H,30,33). The molecule has 0 aliphatic carbocycles. The topological polar surface area (TPSA) is 78.1 Å². The predicted octanol–water partition coefficient (Wildman–Crippen LogP) is 4.61. The first-order chi connectivity index (χ1) is 15.6. The van der Waals surface area contributed by atoms with Crippen LogP contribution < -0.4 is 5.32 Å². The van der Waals surface area contributed by atoms with Crippen molar-refractivity contribution in [2.24, 2.45) is 0 Å². The molecule has 0 saturated carbocycles. The van der Waals surface area contributed by atoms with E-state index in [4.69, 9.17) is 0 Å². The molecule has 4 rings (SSSR count). The van der Waals surface area contributed by atoms with Gasteiger partial charge in [-0.25, -0.2) is 13.8 Å². The highest BCUT2D eigenvalue weighted by molar-refractivity contribution is 5.97. The van der Waals surface area contributed by atoms with Gasteiger partial charge in [0.2, 0.25) is 5.91 Å². The molecule has 174 valence electrons. The number of alkyl halides is 5. The Morgan fingerprint density at radius 3 is 2.64 bits per heavy atom. The zero-order chi connectivity index (χ0) is 23.8. The van der Waals surface area contributed by atoms with Crippen LogP contribution in [0.1, 0.15) is 52.6 Å². The van der Waals surface area contributed by atoms with E-state index in [0.29, 0.717) is 19.4 Å². The number of aromatic nitrogens is 2. The third-order valence-electron chi connectivity index (χ3n) is 5.47. The highest BCUT2D eigenvalue weighted by Gasteiger charge is 2.32. The van der Waals surface area contributed by atoms with Gasteiger partial charge in [-0.3, -0.25) is 9.59 Å². The van der Waals surface area contributed by atoms with E-state index < -0.39 is 35.9 Å². The minimum absolute atomic E-state index is 0.00766. The number of aromatic amines is 1. The van der Waals surface area contributed by atoms with E-state index in [1.165, 1.54) is 35.2 Å². The molecule has 2 aromatic carbocycles. The lowest BCUT2D eigenvalue weighted by molar-refractivity contribution is -0.137. The number of carbonyl (C=O) groups excluding carboxylic acids is 2. The Bertz CT molecular complexity index is 1190. The van der Waals surface area contributed by atoms with Crippen molar-refractivity contribution in [3.63, 3.8) is 0 Å². The zero-order valence-corrected chi connectivity index (χ0v) is 17.1. The van der Waals surface area contributed by atoms with E-state index in [1.54, 1.807) is 0 Å². The van der Waals surface area contributed by atoms with E-state index in [1.807, 2.05) is 0 Å². The summed E-state index contributed by atoms with van der Waals surface area (Å²) in [7, 11) is 0. The van der Waals surface area contributed by atoms with E-state index in [0.717, 1.165) is 12.1 Å². The number of nitrogens with one attached hydrogen (secondary N) is 2. The number of likely N-dealkylation sites (tertiary alicyclic amines) is 1. The molecule has 33 heavy (non-hydrogen) atoms. The second kappa shape index (κ2) is 8.80. The van der Waals surface area contributed by atoms with Crippen LogP contribution in [-0.4, -0.2) is 39.8 Å². The first-order valence-electron chi connectivity index (χ1n) is 10.2. The summed E-state index contributed by atoms with van der Waals surface area (Å²) in [4.78, 5) is 32.7. The van der Waals surface area contributed by atoms with E-state index >= 15 is 0 Å². The minimum Gasteiger partial charge on any atom is -0.343 e. The minimum atomic E-state index is -4.57. The predicted molar refractivity (Wildman–Crippen MR) is 109 cm³/mol.